The number of unbranched alkanes of at least 4 members (excludes halogenated alkanes) is 25. The predicted molar refractivity (Wildman–Crippen MR) is 380 cm³/mol. The maximum absolute atomic E-state index is 13.6. The Bertz CT molecular complexity index is 2020. The highest BCUT2D eigenvalue weighted by Crippen LogP contribution is 2.38. The van der Waals surface area contributed by atoms with Crippen LogP contribution in [0.25, 0.3) is 0 Å². The topological polar surface area (TPSA) is 114 Å². The summed E-state index contributed by atoms with van der Waals surface area (Å²) in [5, 5.41) is 3.03. The zero-order valence-electron chi connectivity index (χ0n) is 57.4. The minimum atomic E-state index is -4.72. The van der Waals surface area contributed by atoms with Crippen molar-refractivity contribution in [2.75, 3.05) is 40.9 Å². The molecule has 0 heterocycles. The van der Waals surface area contributed by atoms with E-state index in [4.69, 9.17) is 13.8 Å². The number of hydrogen-bond donors (Lipinski definition) is 1. The molecule has 0 aliphatic heterocycles. The lowest BCUT2D eigenvalue weighted by Gasteiger charge is -2.30. The number of nitrogens with zero attached hydrogens (tertiary/aromatic N) is 1. The van der Waals surface area contributed by atoms with E-state index in [1.807, 2.05) is 33.3 Å². The van der Waals surface area contributed by atoms with Crippen LogP contribution < -0.4 is 10.2 Å². The van der Waals surface area contributed by atoms with Crippen molar-refractivity contribution in [3.05, 3.63) is 146 Å². The number of amides is 1. The van der Waals surface area contributed by atoms with Crippen LogP contribution in [0.5, 0.6) is 0 Å². The smallest absolute Gasteiger partial charge is 0.306 e. The third-order valence-electron chi connectivity index (χ3n) is 15.0. The first-order valence-corrected chi connectivity index (χ1v) is 37.1. The van der Waals surface area contributed by atoms with Gasteiger partial charge in [0, 0.05) is 12.8 Å². The van der Waals surface area contributed by atoms with E-state index < -0.39 is 26.6 Å². The van der Waals surface area contributed by atoms with Gasteiger partial charge in [0.15, 0.2) is 0 Å². The third-order valence-corrected chi connectivity index (χ3v) is 16.0. The average molecular weight is 1240 g/mol. The second-order valence-corrected chi connectivity index (χ2v) is 26.0. The molecule has 0 aliphatic carbocycles. The molecule has 10 heteroatoms. The summed E-state index contributed by atoms with van der Waals surface area (Å²) in [6.45, 7) is 6.59. The van der Waals surface area contributed by atoms with Gasteiger partial charge < -0.3 is 28.5 Å². The lowest BCUT2D eigenvalue weighted by atomic mass is 10.0. The number of ether oxygens (including phenoxy) is 1. The molecule has 0 bridgehead atoms. The van der Waals surface area contributed by atoms with Crippen LogP contribution in [-0.2, 0) is 27.9 Å². The van der Waals surface area contributed by atoms with Gasteiger partial charge >= 0.3 is 5.97 Å². The zero-order valence-corrected chi connectivity index (χ0v) is 58.3. The molecule has 3 unspecified atom stereocenters. The van der Waals surface area contributed by atoms with E-state index in [-0.39, 0.29) is 24.9 Å². The first-order valence-electron chi connectivity index (χ1n) is 35.6. The summed E-state index contributed by atoms with van der Waals surface area (Å²) in [5.74, 6) is -0.579. The second kappa shape index (κ2) is 65.8. The van der Waals surface area contributed by atoms with Crippen LogP contribution in [0.2, 0.25) is 0 Å². The van der Waals surface area contributed by atoms with Crippen molar-refractivity contribution >= 4 is 19.7 Å². The van der Waals surface area contributed by atoms with Crippen LogP contribution in [0.1, 0.15) is 284 Å². The molecule has 0 fully saturated rings. The van der Waals surface area contributed by atoms with E-state index in [0.717, 1.165) is 148 Å². The second-order valence-electron chi connectivity index (χ2n) is 24.6. The summed E-state index contributed by atoms with van der Waals surface area (Å²) in [4.78, 5) is 40.2. The van der Waals surface area contributed by atoms with Crippen molar-refractivity contribution in [2.24, 2.45) is 0 Å². The number of quaternary nitrogens is 1. The number of carbonyl (C=O) groups excluding carboxylic acids is 2. The largest absolute Gasteiger partial charge is 0.756 e. The van der Waals surface area contributed by atoms with E-state index in [2.05, 4.69) is 160 Å². The van der Waals surface area contributed by atoms with E-state index in [9.17, 15) is 19.0 Å². The first kappa shape index (κ1) is 83.9. The van der Waals surface area contributed by atoms with Crippen molar-refractivity contribution in [1.29, 1.82) is 0 Å². The fourth-order valence-electron chi connectivity index (χ4n) is 9.61. The van der Waals surface area contributed by atoms with E-state index in [1.54, 1.807) is 0 Å². The predicted octanol–water partition coefficient (Wildman–Crippen LogP) is 22.3. The van der Waals surface area contributed by atoms with Crippen molar-refractivity contribution < 1.29 is 37.3 Å². The monoisotopic (exact) mass is 1240 g/mol. The fraction of sp³-hybridized carbons (Fsp3) is 0.667. The third kappa shape index (κ3) is 66.3. The van der Waals surface area contributed by atoms with Gasteiger partial charge in [-0.3, -0.25) is 14.2 Å². The normalized spacial score (nSPS) is 14.4. The molecule has 1 amide bonds. The first-order chi connectivity index (χ1) is 42.9. The fourth-order valence-corrected chi connectivity index (χ4v) is 10.3. The van der Waals surface area contributed by atoms with Crippen molar-refractivity contribution in [2.45, 2.75) is 296 Å². The van der Waals surface area contributed by atoms with Crippen molar-refractivity contribution in [3.8, 4) is 0 Å². The maximum Gasteiger partial charge on any atom is 0.306 e. The highest BCUT2D eigenvalue weighted by Gasteiger charge is 2.27. The number of phosphoric ester groups is 1. The van der Waals surface area contributed by atoms with Crippen LogP contribution in [0, 0.1) is 0 Å². The van der Waals surface area contributed by atoms with Gasteiger partial charge in [-0.2, -0.15) is 0 Å². The Labute approximate surface area is 542 Å². The van der Waals surface area contributed by atoms with Crippen molar-refractivity contribution in [3.63, 3.8) is 0 Å². The quantitative estimate of drug-likeness (QED) is 0.0212. The van der Waals surface area contributed by atoms with Gasteiger partial charge in [0.05, 0.1) is 33.8 Å². The lowest BCUT2D eigenvalue weighted by Crippen LogP contribution is -2.47. The number of esters is 1. The lowest BCUT2D eigenvalue weighted by molar-refractivity contribution is -0.870. The average Bonchev–Trinajstić information content (AvgIpc) is 3.71. The number of phosphoric acid groups is 1. The van der Waals surface area contributed by atoms with Gasteiger partial charge in [-0.15, -0.1) is 0 Å². The SMILES string of the molecule is CC/C=C\C/C=C\C/C=C\C/C=C\C/C=C\C/C=C\CCCCCCC(=O)OC(/C=C\CCCCCCCCCCCC)C(COP(=O)([O-])OCC[N+](C)(C)C)NC(=O)CCCCCCCCCCCCC/C=C\C/C=C\C/C=C\C/C=C\C/C=C\CC. The summed E-state index contributed by atoms with van der Waals surface area (Å²) in [7, 11) is 1.15. The Kier molecular flexibility index (Phi) is 62.8. The molecule has 3 atom stereocenters. The highest BCUT2D eigenvalue weighted by molar-refractivity contribution is 7.45. The number of allylic oxidation sites excluding steroid dienone is 23. The molecular formula is C78H133N2O7P. The number of rotatable bonds is 63. The Morgan fingerprint density at radius 2 is 0.727 bits per heavy atom. The van der Waals surface area contributed by atoms with Crippen LogP contribution in [-0.4, -0.2) is 69.4 Å². The minimum Gasteiger partial charge on any atom is -0.756 e. The van der Waals surface area contributed by atoms with Gasteiger partial charge in [0.1, 0.15) is 19.3 Å². The standard InChI is InChI=1S/C78H133N2O7P/c1-7-10-13-16-19-22-25-28-30-32-34-36-38-39-40-41-43-44-46-48-50-52-55-58-61-64-67-70-77(81)79-75(74-86-88(83,84)85-73-72-80(4,5)6)76(69-66-63-60-57-54-27-24-21-18-15-12-9-3)87-78(82)71-68-65-62-59-56-53-51-49-47-45-42-37-35-33-31-29-26-23-20-17-14-11-8-2/h10-11,13-14,19-20,22-23,28-31,34-37,39-40,45,47,51,53,66,69,75-76H,7-9,12,15-18,21,24-27,32-33,38,41-44,46,48-50,52,54-65,67-68,70-74H2,1-6H3,(H-,79,81,83,84)/b13-10-,14-11-,22-19-,23-20-,30-28-,31-29-,36-34-,37-35-,40-39-,47-45-,53-51-,69-66-. The zero-order chi connectivity index (χ0) is 64.2. The number of carbonyl (C=O) groups is 2. The van der Waals surface area contributed by atoms with Gasteiger partial charge in [0.25, 0.3) is 7.82 Å². The maximum atomic E-state index is 13.6. The molecule has 502 valence electrons. The molecule has 0 rings (SSSR count). The molecule has 0 radical (unpaired) electrons. The highest BCUT2D eigenvalue weighted by atomic mass is 31.2. The molecule has 88 heavy (non-hydrogen) atoms. The summed E-state index contributed by atoms with van der Waals surface area (Å²) < 4.78 is 30.4. The molecular weight excluding hydrogens is 1110 g/mol. The number of nitrogens with one attached hydrogen (secondary N) is 1. The van der Waals surface area contributed by atoms with Gasteiger partial charge in [-0.25, -0.2) is 0 Å². The summed E-state index contributed by atoms with van der Waals surface area (Å²) in [5.41, 5.74) is 0. The van der Waals surface area contributed by atoms with Gasteiger partial charge in [0.2, 0.25) is 5.91 Å². The van der Waals surface area contributed by atoms with E-state index in [0.29, 0.717) is 23.9 Å². The Hall–Kier alpha value is -4.11. The summed E-state index contributed by atoms with van der Waals surface area (Å²) >= 11 is 0. The van der Waals surface area contributed by atoms with Crippen LogP contribution >= 0.6 is 7.82 Å². The molecule has 1 N–H and O–H groups in total. The number of hydrogen-bond acceptors (Lipinski definition) is 7. The molecule has 0 aromatic heterocycles. The molecule has 0 aromatic carbocycles. The molecule has 0 spiro atoms. The molecule has 9 nitrogen and oxygen atoms in total. The minimum absolute atomic E-state index is 0.0349. The van der Waals surface area contributed by atoms with E-state index in [1.165, 1.54) is 96.3 Å². The number of likely N-dealkylation sites (N-methyl/N-ethyl adjacent to an activating group) is 1. The van der Waals surface area contributed by atoms with Crippen LogP contribution in [0.15, 0.2) is 146 Å². The van der Waals surface area contributed by atoms with Gasteiger partial charge in [-0.05, 0) is 128 Å². The molecule has 0 aromatic rings. The Balaban J connectivity index is 5.13. The van der Waals surface area contributed by atoms with E-state index >= 15 is 0 Å². The molecule has 0 saturated heterocycles. The van der Waals surface area contributed by atoms with Crippen LogP contribution in [0.3, 0.4) is 0 Å². The molecule has 0 saturated carbocycles. The summed E-state index contributed by atoms with van der Waals surface area (Å²) in [6, 6.07) is -0.913. The Morgan fingerprint density at radius 1 is 0.409 bits per heavy atom. The van der Waals surface area contributed by atoms with Gasteiger partial charge in [-0.1, -0.05) is 289 Å². The Morgan fingerprint density at radius 3 is 1.09 bits per heavy atom. The summed E-state index contributed by atoms with van der Waals surface area (Å²) in [6.07, 6.45) is 95.4. The van der Waals surface area contributed by atoms with Crippen molar-refractivity contribution in [1.82, 2.24) is 5.32 Å². The van der Waals surface area contributed by atoms with Crippen LogP contribution in [0.4, 0.5) is 0 Å². The molecule has 0 aliphatic rings.